The predicted octanol–water partition coefficient (Wildman–Crippen LogP) is 7.00. The third-order valence-electron chi connectivity index (χ3n) is 5.34. The first-order chi connectivity index (χ1) is 18.2. The van der Waals surface area contributed by atoms with Crippen molar-refractivity contribution in [3.63, 3.8) is 0 Å². The molecule has 2 N–H and O–H groups in total. The van der Waals surface area contributed by atoms with Crippen molar-refractivity contribution in [2.24, 2.45) is 0 Å². The number of nitrogens with zero attached hydrogens (tertiary/aromatic N) is 3. The minimum atomic E-state index is -0.869. The number of rotatable bonds is 5. The van der Waals surface area contributed by atoms with E-state index >= 15 is 0 Å². The number of imidazole rings is 1. The number of fused-ring (bicyclic) bond motifs is 1. The van der Waals surface area contributed by atoms with Crippen LogP contribution < -0.4 is 5.69 Å². The fraction of sp³-hybridized carbons (Fsp3) is 0.258. The van der Waals surface area contributed by atoms with E-state index < -0.39 is 11.8 Å². The van der Waals surface area contributed by atoms with Crippen LogP contribution in [-0.2, 0) is 6.54 Å². The summed E-state index contributed by atoms with van der Waals surface area (Å²) in [6, 6.07) is 25.1. The molecule has 3 aromatic carbocycles. The highest BCUT2D eigenvalue weighted by molar-refractivity contribution is 5.92. The molecule has 37 heavy (non-hydrogen) atoms. The lowest BCUT2D eigenvalue weighted by Crippen LogP contribution is -2.12. The molecule has 0 aliphatic carbocycles. The second-order valence-electron chi connectivity index (χ2n) is 7.40. The van der Waals surface area contributed by atoms with Crippen molar-refractivity contribution in [2.75, 3.05) is 0 Å². The van der Waals surface area contributed by atoms with Gasteiger partial charge in [-0.2, -0.15) is 4.98 Å². The van der Waals surface area contributed by atoms with Gasteiger partial charge in [0.2, 0.25) is 0 Å². The number of nitrogens with one attached hydrogen (secondary N) is 1. The average molecular weight is 499 g/mol. The van der Waals surface area contributed by atoms with Gasteiger partial charge in [0.15, 0.2) is 0 Å². The van der Waals surface area contributed by atoms with Crippen molar-refractivity contribution in [3.05, 3.63) is 119 Å². The Morgan fingerprint density at radius 1 is 0.865 bits per heavy atom. The highest BCUT2D eigenvalue weighted by Crippen LogP contribution is 2.29. The second kappa shape index (κ2) is 15.2. The van der Waals surface area contributed by atoms with Gasteiger partial charge in [-0.15, -0.1) is 0 Å². The molecule has 6 heteroatoms. The fourth-order valence-corrected chi connectivity index (χ4v) is 3.80. The molecule has 0 aliphatic rings. The van der Waals surface area contributed by atoms with Gasteiger partial charge in [0.1, 0.15) is 6.10 Å². The monoisotopic (exact) mass is 498 g/mol. The zero-order valence-corrected chi connectivity index (χ0v) is 22.6. The van der Waals surface area contributed by atoms with Gasteiger partial charge < -0.3 is 14.7 Å². The topological polar surface area (TPSA) is 83.8 Å². The van der Waals surface area contributed by atoms with E-state index in [2.05, 4.69) is 15.0 Å². The minimum absolute atomic E-state index is 0.402. The van der Waals surface area contributed by atoms with E-state index in [4.69, 9.17) is 0 Å². The summed E-state index contributed by atoms with van der Waals surface area (Å²) in [6.45, 7) is 12.6. The third-order valence-corrected chi connectivity index (χ3v) is 5.34. The summed E-state index contributed by atoms with van der Waals surface area (Å²) in [5, 5.41) is 11.9. The van der Waals surface area contributed by atoms with Crippen LogP contribution >= 0.6 is 0 Å². The Morgan fingerprint density at radius 3 is 2.14 bits per heavy atom. The molecule has 5 aromatic rings. The summed E-state index contributed by atoms with van der Waals surface area (Å²) in [7, 11) is 0. The first-order valence-electron chi connectivity index (χ1n) is 13.0. The zero-order valence-electron chi connectivity index (χ0n) is 22.6. The number of aromatic amines is 1. The van der Waals surface area contributed by atoms with Gasteiger partial charge in [-0.1, -0.05) is 108 Å². The summed E-state index contributed by atoms with van der Waals surface area (Å²) >= 11 is 0. The van der Waals surface area contributed by atoms with E-state index in [1.54, 1.807) is 18.6 Å². The van der Waals surface area contributed by atoms with Crippen LogP contribution in [0.25, 0.3) is 22.2 Å². The molecular weight excluding hydrogens is 460 g/mol. The average Bonchev–Trinajstić information content (AvgIpc) is 3.44. The van der Waals surface area contributed by atoms with Crippen LogP contribution in [0.2, 0.25) is 0 Å². The largest absolute Gasteiger partial charge is 0.382 e. The van der Waals surface area contributed by atoms with Gasteiger partial charge in [0, 0.05) is 17.5 Å². The van der Waals surface area contributed by atoms with Crippen molar-refractivity contribution in [2.45, 2.75) is 54.2 Å². The Bertz CT molecular complexity index is 1390. The van der Waals surface area contributed by atoms with Crippen molar-refractivity contribution in [1.29, 1.82) is 0 Å². The quantitative estimate of drug-likeness (QED) is 0.273. The lowest BCUT2D eigenvalue weighted by Gasteiger charge is -2.16. The molecule has 5 rings (SSSR count). The van der Waals surface area contributed by atoms with Crippen LogP contribution in [0.4, 0.5) is 0 Å². The Balaban J connectivity index is 0.000000750. The van der Waals surface area contributed by atoms with Crippen LogP contribution in [0.3, 0.4) is 0 Å². The van der Waals surface area contributed by atoms with E-state index in [0.29, 0.717) is 29.0 Å². The molecule has 2 aromatic heterocycles. The maximum Gasteiger partial charge on any atom is 0.345 e. The number of benzene rings is 3. The Morgan fingerprint density at radius 2 is 1.49 bits per heavy atom. The number of aliphatic hydroxyl groups is 1. The van der Waals surface area contributed by atoms with E-state index in [9.17, 15) is 9.90 Å². The molecule has 2 heterocycles. The molecule has 0 radical (unpaired) electrons. The first kappa shape index (κ1) is 29.2. The molecule has 1 atom stereocenters. The third kappa shape index (κ3) is 7.24. The van der Waals surface area contributed by atoms with Gasteiger partial charge in [-0.25, -0.2) is 9.78 Å². The molecule has 1 unspecified atom stereocenters. The number of hydrogen-bond acceptors (Lipinski definition) is 4. The number of aromatic nitrogens is 4. The molecule has 6 nitrogen and oxygen atoms in total. The molecule has 0 saturated heterocycles. The first-order valence-corrected chi connectivity index (χ1v) is 13.0. The van der Waals surface area contributed by atoms with Gasteiger partial charge in [0.25, 0.3) is 0 Å². The Labute approximate surface area is 219 Å². The maximum atomic E-state index is 12.1. The SMILES string of the molecule is CC.CC.CC.O=c1nc(-c2ccccc2)c2cc(C(O)c3cncn3Cc3ccccc3)ccc2[nH]1. The summed E-state index contributed by atoms with van der Waals surface area (Å²) in [5.41, 5.74) is 4.23. The zero-order chi connectivity index (χ0) is 27.2. The standard InChI is InChI=1S/C25H20N4O2.3C2H6/c30-24(22-14-26-16-29(22)15-17-7-3-1-4-8-17)19-11-12-21-20(13-19)23(28-25(31)27-21)18-9-5-2-6-10-18;3*1-2/h1-14,16,24,30H,15H2,(H,27,28,31);3*1-2H3. The molecule has 0 spiro atoms. The summed E-state index contributed by atoms with van der Waals surface area (Å²) < 4.78 is 1.94. The predicted molar refractivity (Wildman–Crippen MR) is 154 cm³/mol. The van der Waals surface area contributed by atoms with Gasteiger partial charge >= 0.3 is 5.69 Å². The number of aliphatic hydroxyl groups excluding tert-OH is 1. The van der Waals surface area contributed by atoms with Crippen molar-refractivity contribution >= 4 is 10.9 Å². The smallest absolute Gasteiger partial charge is 0.345 e. The van der Waals surface area contributed by atoms with Crippen LogP contribution in [0, 0.1) is 0 Å². The minimum Gasteiger partial charge on any atom is -0.382 e. The molecule has 0 saturated carbocycles. The van der Waals surface area contributed by atoms with Crippen molar-refractivity contribution < 1.29 is 5.11 Å². The van der Waals surface area contributed by atoms with Gasteiger partial charge in [-0.05, 0) is 23.3 Å². The van der Waals surface area contributed by atoms with E-state index in [1.165, 1.54) is 0 Å². The maximum absolute atomic E-state index is 12.1. The van der Waals surface area contributed by atoms with Gasteiger partial charge in [0.05, 0.1) is 29.4 Å². The highest BCUT2D eigenvalue weighted by atomic mass is 16.3. The Kier molecular flexibility index (Phi) is 12.0. The normalized spacial score (nSPS) is 10.7. The van der Waals surface area contributed by atoms with E-state index in [-0.39, 0.29) is 0 Å². The molecule has 0 amide bonds. The summed E-state index contributed by atoms with van der Waals surface area (Å²) in [6.07, 6.45) is 2.54. The molecular formula is C31H38N4O2. The summed E-state index contributed by atoms with van der Waals surface area (Å²) in [5.74, 6) is 0. The lowest BCUT2D eigenvalue weighted by molar-refractivity contribution is 0.210. The molecule has 0 bridgehead atoms. The summed E-state index contributed by atoms with van der Waals surface area (Å²) in [4.78, 5) is 23.3. The molecule has 0 aliphatic heterocycles. The fourth-order valence-electron chi connectivity index (χ4n) is 3.80. The van der Waals surface area contributed by atoms with Crippen molar-refractivity contribution in [3.8, 4) is 11.3 Å². The second-order valence-corrected chi connectivity index (χ2v) is 7.40. The Hall–Kier alpha value is -4.03. The van der Waals surface area contributed by atoms with Crippen LogP contribution in [-0.4, -0.2) is 24.6 Å². The molecule has 194 valence electrons. The van der Waals surface area contributed by atoms with E-state index in [1.807, 2.05) is 119 Å². The van der Waals surface area contributed by atoms with Crippen molar-refractivity contribution in [1.82, 2.24) is 19.5 Å². The number of H-pyrrole nitrogens is 1. The van der Waals surface area contributed by atoms with E-state index in [0.717, 1.165) is 16.5 Å². The van der Waals surface area contributed by atoms with Gasteiger partial charge in [-0.3, -0.25) is 0 Å². The lowest BCUT2D eigenvalue weighted by atomic mass is 10.0. The van der Waals surface area contributed by atoms with Crippen LogP contribution in [0.5, 0.6) is 0 Å². The highest BCUT2D eigenvalue weighted by Gasteiger charge is 2.17. The number of hydrogen-bond donors (Lipinski definition) is 2. The molecule has 0 fully saturated rings. The van der Waals surface area contributed by atoms with Crippen LogP contribution in [0.15, 0.2) is 96.2 Å². The van der Waals surface area contributed by atoms with Crippen LogP contribution in [0.1, 0.15) is 64.5 Å².